The number of hydrogen-bond donors (Lipinski definition) is 2. The average Bonchev–Trinajstić information content (AvgIpc) is 3.09. The predicted octanol–water partition coefficient (Wildman–Crippen LogP) is 1.91. The monoisotopic (exact) mass is 368 g/mol. The van der Waals surface area contributed by atoms with Crippen LogP contribution in [0, 0.1) is 0 Å². The van der Waals surface area contributed by atoms with E-state index in [0.717, 1.165) is 22.4 Å². The Kier molecular flexibility index (Phi) is 6.08. The first-order valence-corrected chi connectivity index (χ1v) is 8.97. The van der Waals surface area contributed by atoms with Crippen LogP contribution in [0.3, 0.4) is 0 Å². The van der Waals surface area contributed by atoms with Crippen LogP contribution < -0.4 is 15.8 Å². The number of rotatable bonds is 7. The van der Waals surface area contributed by atoms with Gasteiger partial charge in [-0.05, 0) is 17.2 Å². The van der Waals surface area contributed by atoms with Gasteiger partial charge in [-0.3, -0.25) is 4.79 Å². The molecule has 3 rings (SSSR count). The van der Waals surface area contributed by atoms with Gasteiger partial charge in [0.25, 0.3) is 0 Å². The molecule has 0 aliphatic carbocycles. The second kappa shape index (κ2) is 8.68. The van der Waals surface area contributed by atoms with Crippen molar-refractivity contribution in [2.24, 2.45) is 5.73 Å². The molecular formula is C21H24N2O4. The Balaban J connectivity index is 1.66. The number of methoxy groups -OCH3 is 1. The maximum Gasteiger partial charge on any atom is 0.328 e. The highest BCUT2D eigenvalue weighted by Gasteiger charge is 2.29. The normalized spacial score (nSPS) is 16.1. The van der Waals surface area contributed by atoms with Gasteiger partial charge in [0.1, 0.15) is 11.8 Å². The van der Waals surface area contributed by atoms with Gasteiger partial charge >= 0.3 is 5.97 Å². The van der Waals surface area contributed by atoms with Crippen LogP contribution in [0.2, 0.25) is 0 Å². The van der Waals surface area contributed by atoms with Crippen LogP contribution in [-0.2, 0) is 27.3 Å². The Labute approximate surface area is 158 Å². The van der Waals surface area contributed by atoms with Crippen molar-refractivity contribution in [3.63, 3.8) is 0 Å². The smallest absolute Gasteiger partial charge is 0.328 e. The minimum Gasteiger partial charge on any atom is -0.493 e. The highest BCUT2D eigenvalue weighted by atomic mass is 16.5. The summed E-state index contributed by atoms with van der Waals surface area (Å²) in [6.07, 6.45) is 0.623. The fourth-order valence-corrected chi connectivity index (χ4v) is 3.29. The number of ether oxygens (including phenoxy) is 2. The zero-order valence-corrected chi connectivity index (χ0v) is 15.3. The molecule has 6 nitrogen and oxygen atoms in total. The lowest BCUT2D eigenvalue weighted by molar-refractivity contribution is -0.145. The van der Waals surface area contributed by atoms with E-state index in [9.17, 15) is 9.59 Å². The minimum atomic E-state index is -0.720. The molecule has 0 saturated heterocycles. The largest absolute Gasteiger partial charge is 0.493 e. The van der Waals surface area contributed by atoms with Crippen LogP contribution in [0.4, 0.5) is 0 Å². The van der Waals surface area contributed by atoms with E-state index in [1.54, 1.807) is 0 Å². The zero-order valence-electron chi connectivity index (χ0n) is 15.3. The highest BCUT2D eigenvalue weighted by Crippen LogP contribution is 2.36. The lowest BCUT2D eigenvalue weighted by Crippen LogP contribution is -2.43. The topological polar surface area (TPSA) is 90.6 Å². The summed E-state index contributed by atoms with van der Waals surface area (Å²) in [7, 11) is 1.32. The van der Waals surface area contributed by atoms with Gasteiger partial charge in [-0.15, -0.1) is 0 Å². The zero-order chi connectivity index (χ0) is 19.2. The van der Waals surface area contributed by atoms with Crippen LogP contribution in [0.5, 0.6) is 5.75 Å². The van der Waals surface area contributed by atoms with Gasteiger partial charge in [0, 0.05) is 30.9 Å². The quantitative estimate of drug-likeness (QED) is 0.729. The second-order valence-electron chi connectivity index (χ2n) is 6.62. The second-order valence-corrected chi connectivity index (χ2v) is 6.62. The number of carbonyl (C=O) groups excluding carboxylic acids is 2. The highest BCUT2D eigenvalue weighted by molar-refractivity contribution is 5.85. The van der Waals surface area contributed by atoms with Crippen molar-refractivity contribution < 1.29 is 19.1 Å². The summed E-state index contributed by atoms with van der Waals surface area (Å²) in [5.74, 6) is 0.0713. The predicted molar refractivity (Wildman–Crippen MR) is 101 cm³/mol. The molecule has 2 atom stereocenters. The third-order valence-corrected chi connectivity index (χ3v) is 4.73. The van der Waals surface area contributed by atoms with Crippen molar-refractivity contribution in [3.05, 3.63) is 65.2 Å². The summed E-state index contributed by atoms with van der Waals surface area (Å²) in [6.45, 7) is 0.881. The van der Waals surface area contributed by atoms with Crippen molar-refractivity contribution in [1.29, 1.82) is 0 Å². The summed E-state index contributed by atoms with van der Waals surface area (Å²) >= 11 is 0. The molecule has 3 N–H and O–H groups in total. The number of benzene rings is 2. The molecular weight excluding hydrogens is 344 g/mol. The molecule has 0 spiro atoms. The molecule has 2 aromatic carbocycles. The fraction of sp³-hybridized carbons (Fsp3) is 0.333. The number of nitrogens with one attached hydrogen (secondary N) is 1. The van der Waals surface area contributed by atoms with Gasteiger partial charge in [-0.1, -0.05) is 42.5 Å². The number of amides is 1. The Hall–Kier alpha value is -2.86. The first-order valence-electron chi connectivity index (χ1n) is 8.97. The van der Waals surface area contributed by atoms with E-state index < -0.39 is 12.0 Å². The summed E-state index contributed by atoms with van der Waals surface area (Å²) in [6, 6.07) is 14.6. The molecule has 1 aliphatic heterocycles. The van der Waals surface area contributed by atoms with Gasteiger partial charge in [0.15, 0.2) is 0 Å². The van der Waals surface area contributed by atoms with Crippen molar-refractivity contribution in [2.45, 2.75) is 31.3 Å². The number of nitrogens with two attached hydrogens (primary N) is 1. The van der Waals surface area contributed by atoms with Crippen LogP contribution in [-0.4, -0.2) is 31.6 Å². The third-order valence-electron chi connectivity index (χ3n) is 4.73. The Morgan fingerprint density at radius 3 is 2.70 bits per heavy atom. The van der Waals surface area contributed by atoms with Crippen LogP contribution in [0.15, 0.2) is 48.5 Å². The van der Waals surface area contributed by atoms with Crippen LogP contribution in [0.25, 0.3) is 0 Å². The fourth-order valence-electron chi connectivity index (χ4n) is 3.29. The molecule has 2 aromatic rings. The molecule has 0 fully saturated rings. The number of hydrogen-bond acceptors (Lipinski definition) is 5. The Morgan fingerprint density at radius 2 is 2.00 bits per heavy atom. The van der Waals surface area contributed by atoms with Crippen molar-refractivity contribution >= 4 is 11.9 Å². The van der Waals surface area contributed by atoms with E-state index in [1.807, 2.05) is 48.5 Å². The van der Waals surface area contributed by atoms with E-state index in [4.69, 9.17) is 15.2 Å². The molecule has 0 bridgehead atoms. The molecule has 1 aliphatic rings. The Morgan fingerprint density at radius 1 is 1.22 bits per heavy atom. The van der Waals surface area contributed by atoms with Gasteiger partial charge in [0.2, 0.25) is 5.91 Å². The maximum atomic E-state index is 12.6. The number of carbonyl (C=O) groups is 2. The first kappa shape index (κ1) is 18.9. The number of esters is 1. The molecule has 1 unspecified atom stereocenters. The maximum absolute atomic E-state index is 12.6. The molecule has 0 radical (unpaired) electrons. The van der Waals surface area contributed by atoms with Gasteiger partial charge < -0.3 is 20.5 Å². The van der Waals surface area contributed by atoms with Gasteiger partial charge in [0.05, 0.1) is 13.7 Å². The Bertz CT molecular complexity index is 807. The molecule has 1 heterocycles. The molecule has 0 aromatic heterocycles. The average molecular weight is 368 g/mol. The lowest BCUT2D eigenvalue weighted by atomic mass is 9.95. The summed E-state index contributed by atoms with van der Waals surface area (Å²) < 4.78 is 10.5. The number of fused-ring (bicyclic) bond motifs is 1. The van der Waals surface area contributed by atoms with E-state index in [-0.39, 0.29) is 18.2 Å². The van der Waals surface area contributed by atoms with Crippen molar-refractivity contribution in [1.82, 2.24) is 5.32 Å². The van der Waals surface area contributed by atoms with E-state index in [0.29, 0.717) is 19.6 Å². The molecule has 0 saturated carbocycles. The van der Waals surface area contributed by atoms with E-state index in [2.05, 4.69) is 5.32 Å². The van der Waals surface area contributed by atoms with E-state index in [1.165, 1.54) is 7.11 Å². The standard InChI is InChI=1S/C21H24N2O4/c1-26-21(25)18(10-14-5-3-2-4-6-14)23-20(24)11-16-13-27-19-8-7-15(12-22)9-17(16)19/h2-9,16,18H,10-13,22H2,1H3,(H,23,24)/t16?,18-/m0/s1. The molecule has 6 heteroatoms. The lowest BCUT2D eigenvalue weighted by Gasteiger charge is -2.18. The van der Waals surface area contributed by atoms with Crippen molar-refractivity contribution in [2.75, 3.05) is 13.7 Å². The van der Waals surface area contributed by atoms with E-state index >= 15 is 0 Å². The molecule has 142 valence electrons. The minimum absolute atomic E-state index is 0.0541. The first-order chi connectivity index (χ1) is 13.1. The molecule has 1 amide bonds. The summed E-state index contributed by atoms with van der Waals surface area (Å²) in [5, 5.41) is 2.81. The third kappa shape index (κ3) is 4.65. The van der Waals surface area contributed by atoms with Gasteiger partial charge in [-0.25, -0.2) is 4.79 Å². The summed E-state index contributed by atoms with van der Waals surface area (Å²) in [5.41, 5.74) is 8.65. The van der Waals surface area contributed by atoms with Crippen LogP contribution in [0.1, 0.15) is 29.0 Å². The van der Waals surface area contributed by atoms with Gasteiger partial charge in [-0.2, -0.15) is 0 Å². The SMILES string of the molecule is COC(=O)[C@H](Cc1ccccc1)NC(=O)CC1COc2ccc(CN)cc21. The van der Waals surface area contributed by atoms with Crippen LogP contribution >= 0.6 is 0 Å². The van der Waals surface area contributed by atoms with Crippen molar-refractivity contribution in [3.8, 4) is 5.75 Å². The summed E-state index contributed by atoms with van der Waals surface area (Å²) in [4.78, 5) is 24.7. The molecule has 27 heavy (non-hydrogen) atoms.